The number of benzene rings is 2. The van der Waals surface area contributed by atoms with Crippen molar-refractivity contribution in [2.75, 3.05) is 23.9 Å². The molecule has 0 saturated heterocycles. The molecule has 5 nitrogen and oxygen atoms in total. The van der Waals surface area contributed by atoms with Gasteiger partial charge in [0.05, 0.1) is 11.9 Å². The predicted octanol–water partition coefficient (Wildman–Crippen LogP) is 4.04. The first kappa shape index (κ1) is 18.5. The Kier molecular flexibility index (Phi) is 6.05. The Labute approximate surface area is 159 Å². The predicted molar refractivity (Wildman–Crippen MR) is 108 cm³/mol. The van der Waals surface area contributed by atoms with Gasteiger partial charge in [0.2, 0.25) is 0 Å². The van der Waals surface area contributed by atoms with Crippen LogP contribution < -0.4 is 15.0 Å². The Bertz CT molecular complexity index is 862. The lowest BCUT2D eigenvalue weighted by Gasteiger charge is -2.18. The third-order valence-corrected chi connectivity index (χ3v) is 4.08. The van der Waals surface area contributed by atoms with E-state index in [4.69, 9.17) is 4.74 Å². The van der Waals surface area contributed by atoms with Crippen LogP contribution in [0.2, 0.25) is 0 Å². The molecule has 2 aromatic carbocycles. The number of hydrogen-bond donors (Lipinski definition) is 1. The lowest BCUT2D eigenvalue weighted by molar-refractivity contribution is -0.118. The smallest absolute Gasteiger partial charge is 0.262 e. The Balaban J connectivity index is 1.50. The number of aryl methyl sites for hydroxylation is 1. The summed E-state index contributed by atoms with van der Waals surface area (Å²) >= 11 is 0. The van der Waals surface area contributed by atoms with E-state index in [9.17, 15) is 4.79 Å². The van der Waals surface area contributed by atoms with Gasteiger partial charge in [-0.2, -0.15) is 0 Å². The lowest BCUT2D eigenvalue weighted by Crippen LogP contribution is -2.21. The van der Waals surface area contributed by atoms with E-state index < -0.39 is 0 Å². The summed E-state index contributed by atoms with van der Waals surface area (Å²) in [6.45, 7) is 2.73. The van der Waals surface area contributed by atoms with Gasteiger partial charge in [-0.1, -0.05) is 48.0 Å². The van der Waals surface area contributed by atoms with Gasteiger partial charge in [0.15, 0.2) is 6.61 Å². The second kappa shape index (κ2) is 8.85. The SMILES string of the molecule is Cc1ccc(OCC(=O)Nc2ccc(N(C)Cc3ccccc3)nc2)cc1. The molecule has 0 spiro atoms. The van der Waals surface area contributed by atoms with Crippen molar-refractivity contribution in [3.63, 3.8) is 0 Å². The molecule has 138 valence electrons. The van der Waals surface area contributed by atoms with Crippen molar-refractivity contribution < 1.29 is 9.53 Å². The number of aromatic nitrogens is 1. The number of carbonyl (C=O) groups excluding carboxylic acids is 1. The van der Waals surface area contributed by atoms with E-state index in [0.717, 1.165) is 17.9 Å². The molecule has 3 rings (SSSR count). The summed E-state index contributed by atoms with van der Waals surface area (Å²) in [5, 5.41) is 2.79. The number of nitrogens with one attached hydrogen (secondary N) is 1. The van der Waals surface area contributed by atoms with E-state index in [-0.39, 0.29) is 12.5 Å². The summed E-state index contributed by atoms with van der Waals surface area (Å²) in [5.41, 5.74) is 3.01. The molecule has 3 aromatic rings. The minimum Gasteiger partial charge on any atom is -0.484 e. The van der Waals surface area contributed by atoms with Crippen LogP contribution in [0.4, 0.5) is 11.5 Å². The fourth-order valence-electron chi connectivity index (χ4n) is 2.60. The van der Waals surface area contributed by atoms with Gasteiger partial charge in [0.1, 0.15) is 11.6 Å². The zero-order chi connectivity index (χ0) is 19.1. The van der Waals surface area contributed by atoms with Gasteiger partial charge in [0, 0.05) is 13.6 Å². The van der Waals surface area contributed by atoms with E-state index in [1.807, 2.05) is 68.6 Å². The summed E-state index contributed by atoms with van der Waals surface area (Å²) in [6, 6.07) is 21.5. The van der Waals surface area contributed by atoms with Crippen LogP contribution in [-0.2, 0) is 11.3 Å². The molecule has 0 fully saturated rings. The van der Waals surface area contributed by atoms with Crippen molar-refractivity contribution in [3.05, 3.63) is 84.1 Å². The number of nitrogens with zero attached hydrogens (tertiary/aromatic N) is 2. The molecule has 1 amide bonds. The molecule has 0 saturated carbocycles. The lowest BCUT2D eigenvalue weighted by atomic mass is 10.2. The van der Waals surface area contributed by atoms with E-state index in [2.05, 4.69) is 27.3 Å². The summed E-state index contributed by atoms with van der Waals surface area (Å²) in [6.07, 6.45) is 1.65. The van der Waals surface area contributed by atoms with E-state index in [1.54, 1.807) is 6.20 Å². The minimum absolute atomic E-state index is 0.0429. The van der Waals surface area contributed by atoms with Crippen molar-refractivity contribution in [1.82, 2.24) is 4.98 Å². The Hall–Kier alpha value is -3.34. The Morgan fingerprint density at radius 3 is 2.44 bits per heavy atom. The van der Waals surface area contributed by atoms with E-state index >= 15 is 0 Å². The monoisotopic (exact) mass is 361 g/mol. The van der Waals surface area contributed by atoms with Crippen LogP contribution >= 0.6 is 0 Å². The highest BCUT2D eigenvalue weighted by Crippen LogP contribution is 2.16. The molecule has 0 unspecified atom stereocenters. The van der Waals surface area contributed by atoms with Gasteiger partial charge in [-0.3, -0.25) is 4.79 Å². The van der Waals surface area contributed by atoms with Crippen LogP contribution in [0.1, 0.15) is 11.1 Å². The highest BCUT2D eigenvalue weighted by molar-refractivity contribution is 5.91. The van der Waals surface area contributed by atoms with Crippen LogP contribution in [0.3, 0.4) is 0 Å². The fraction of sp³-hybridized carbons (Fsp3) is 0.182. The summed E-state index contributed by atoms with van der Waals surface area (Å²) in [4.78, 5) is 18.5. The third-order valence-electron chi connectivity index (χ3n) is 4.08. The topological polar surface area (TPSA) is 54.5 Å². The Morgan fingerprint density at radius 2 is 1.78 bits per heavy atom. The van der Waals surface area contributed by atoms with Gasteiger partial charge in [-0.05, 0) is 36.8 Å². The van der Waals surface area contributed by atoms with E-state index in [1.165, 1.54) is 5.56 Å². The third kappa shape index (κ3) is 5.57. The summed E-state index contributed by atoms with van der Waals surface area (Å²) < 4.78 is 5.48. The highest BCUT2D eigenvalue weighted by Gasteiger charge is 2.07. The Morgan fingerprint density at radius 1 is 1.04 bits per heavy atom. The minimum atomic E-state index is -0.220. The second-order valence-corrected chi connectivity index (χ2v) is 6.40. The second-order valence-electron chi connectivity index (χ2n) is 6.40. The number of ether oxygens (including phenoxy) is 1. The molecule has 0 bridgehead atoms. The first-order valence-electron chi connectivity index (χ1n) is 8.80. The van der Waals surface area contributed by atoms with Crippen molar-refractivity contribution in [1.29, 1.82) is 0 Å². The molecule has 27 heavy (non-hydrogen) atoms. The zero-order valence-electron chi connectivity index (χ0n) is 15.6. The molecule has 0 aliphatic heterocycles. The van der Waals surface area contributed by atoms with Crippen molar-refractivity contribution in [2.45, 2.75) is 13.5 Å². The van der Waals surface area contributed by atoms with Gasteiger partial charge >= 0.3 is 0 Å². The van der Waals surface area contributed by atoms with Crippen molar-refractivity contribution >= 4 is 17.4 Å². The first-order chi connectivity index (χ1) is 13.1. The average molecular weight is 361 g/mol. The molecule has 0 aliphatic carbocycles. The van der Waals surface area contributed by atoms with Crippen LogP contribution in [0, 0.1) is 6.92 Å². The number of rotatable bonds is 7. The molecule has 1 N–H and O–H groups in total. The fourth-order valence-corrected chi connectivity index (χ4v) is 2.60. The largest absolute Gasteiger partial charge is 0.484 e. The molecular formula is C22H23N3O2. The van der Waals surface area contributed by atoms with Crippen LogP contribution in [0.5, 0.6) is 5.75 Å². The summed E-state index contributed by atoms with van der Waals surface area (Å²) in [5.74, 6) is 1.29. The summed E-state index contributed by atoms with van der Waals surface area (Å²) in [7, 11) is 1.99. The molecule has 1 aromatic heterocycles. The van der Waals surface area contributed by atoms with Crippen molar-refractivity contribution in [2.24, 2.45) is 0 Å². The van der Waals surface area contributed by atoms with Crippen LogP contribution in [0.25, 0.3) is 0 Å². The van der Waals surface area contributed by atoms with E-state index in [0.29, 0.717) is 11.4 Å². The molecule has 0 atom stereocenters. The number of anilines is 2. The van der Waals surface area contributed by atoms with Gasteiger partial charge in [0.25, 0.3) is 5.91 Å². The van der Waals surface area contributed by atoms with Gasteiger partial charge in [-0.15, -0.1) is 0 Å². The number of hydrogen-bond acceptors (Lipinski definition) is 4. The number of amides is 1. The molecule has 0 radical (unpaired) electrons. The highest BCUT2D eigenvalue weighted by atomic mass is 16.5. The zero-order valence-corrected chi connectivity index (χ0v) is 15.6. The number of carbonyl (C=O) groups is 1. The molecule has 5 heteroatoms. The maximum atomic E-state index is 12.0. The molecule has 1 heterocycles. The first-order valence-corrected chi connectivity index (χ1v) is 8.80. The number of pyridine rings is 1. The van der Waals surface area contributed by atoms with Gasteiger partial charge in [-0.25, -0.2) is 4.98 Å². The molecule has 0 aliphatic rings. The van der Waals surface area contributed by atoms with Crippen molar-refractivity contribution in [3.8, 4) is 5.75 Å². The van der Waals surface area contributed by atoms with Gasteiger partial charge < -0.3 is 15.0 Å². The standard InChI is InChI=1S/C22H23N3O2/c1-17-8-11-20(12-9-17)27-16-22(26)24-19-10-13-21(23-14-19)25(2)15-18-6-4-3-5-7-18/h3-14H,15-16H2,1-2H3,(H,24,26). The average Bonchev–Trinajstić information content (AvgIpc) is 2.69. The maximum absolute atomic E-state index is 12.0. The maximum Gasteiger partial charge on any atom is 0.262 e. The van der Waals surface area contributed by atoms with Crippen LogP contribution in [0.15, 0.2) is 72.9 Å². The normalized spacial score (nSPS) is 10.3. The molecular weight excluding hydrogens is 338 g/mol. The quantitative estimate of drug-likeness (QED) is 0.690. The van der Waals surface area contributed by atoms with Crippen LogP contribution in [-0.4, -0.2) is 24.5 Å².